The molecule has 2 unspecified atom stereocenters. The van der Waals surface area contributed by atoms with Gasteiger partial charge in [0, 0.05) is 17.2 Å². The predicted molar refractivity (Wildman–Crippen MR) is 70.7 cm³/mol. The number of nitrogens with one attached hydrogen (secondary N) is 2. The van der Waals surface area contributed by atoms with Gasteiger partial charge >= 0.3 is 0 Å². The highest BCUT2D eigenvalue weighted by atomic mass is 16.3. The smallest absolute Gasteiger partial charge is 0.251 e. The van der Waals surface area contributed by atoms with E-state index in [0.29, 0.717) is 17.0 Å². The van der Waals surface area contributed by atoms with E-state index >= 15 is 0 Å². The SMILES string of the molecule is Cc1c(O)cccc1C(=O)NC1CCNCC1C. The molecule has 1 fully saturated rings. The Labute approximate surface area is 107 Å². The van der Waals surface area contributed by atoms with Crippen molar-refractivity contribution in [2.75, 3.05) is 13.1 Å². The Morgan fingerprint density at radius 2 is 2.28 bits per heavy atom. The minimum atomic E-state index is -0.0952. The summed E-state index contributed by atoms with van der Waals surface area (Å²) in [6, 6.07) is 5.25. The van der Waals surface area contributed by atoms with E-state index in [1.807, 2.05) is 0 Å². The number of phenolic OH excluding ortho intramolecular Hbond substituents is 1. The van der Waals surface area contributed by atoms with Gasteiger partial charge in [-0.2, -0.15) is 0 Å². The maximum atomic E-state index is 12.2. The van der Waals surface area contributed by atoms with Gasteiger partial charge in [-0.15, -0.1) is 0 Å². The number of amides is 1. The van der Waals surface area contributed by atoms with Gasteiger partial charge in [-0.25, -0.2) is 0 Å². The molecule has 0 spiro atoms. The summed E-state index contributed by atoms with van der Waals surface area (Å²) in [6.07, 6.45) is 0.949. The summed E-state index contributed by atoms with van der Waals surface area (Å²) in [4.78, 5) is 12.2. The van der Waals surface area contributed by atoms with Crippen molar-refractivity contribution in [2.24, 2.45) is 5.92 Å². The number of carbonyl (C=O) groups excluding carboxylic acids is 1. The molecule has 1 aliphatic rings. The van der Waals surface area contributed by atoms with Gasteiger partial charge in [0.05, 0.1) is 0 Å². The minimum Gasteiger partial charge on any atom is -0.508 e. The molecule has 1 aliphatic heterocycles. The largest absolute Gasteiger partial charge is 0.508 e. The Morgan fingerprint density at radius 3 is 3.00 bits per heavy atom. The third-order valence-corrected chi connectivity index (χ3v) is 3.65. The van der Waals surface area contributed by atoms with Crippen LogP contribution in [0.4, 0.5) is 0 Å². The number of hydrogen-bond donors (Lipinski definition) is 3. The maximum absolute atomic E-state index is 12.2. The van der Waals surface area contributed by atoms with Crippen molar-refractivity contribution >= 4 is 5.91 Å². The van der Waals surface area contributed by atoms with Crippen molar-refractivity contribution in [3.63, 3.8) is 0 Å². The lowest BCUT2D eigenvalue weighted by molar-refractivity contribution is 0.0913. The molecule has 3 N–H and O–H groups in total. The quantitative estimate of drug-likeness (QED) is 0.742. The number of phenols is 1. The molecule has 1 heterocycles. The molecule has 1 amide bonds. The Hall–Kier alpha value is -1.55. The van der Waals surface area contributed by atoms with Crippen LogP contribution in [0.1, 0.15) is 29.3 Å². The highest BCUT2D eigenvalue weighted by molar-refractivity contribution is 5.96. The summed E-state index contributed by atoms with van der Waals surface area (Å²) in [7, 11) is 0. The van der Waals surface area contributed by atoms with E-state index in [9.17, 15) is 9.90 Å². The molecule has 0 bridgehead atoms. The van der Waals surface area contributed by atoms with Crippen molar-refractivity contribution in [3.8, 4) is 5.75 Å². The number of aromatic hydroxyl groups is 1. The number of piperidine rings is 1. The second kappa shape index (κ2) is 5.40. The second-order valence-electron chi connectivity index (χ2n) is 5.00. The first-order valence-corrected chi connectivity index (χ1v) is 6.39. The van der Waals surface area contributed by atoms with Crippen molar-refractivity contribution in [1.29, 1.82) is 0 Å². The number of rotatable bonds is 2. The normalized spacial score (nSPS) is 23.7. The van der Waals surface area contributed by atoms with Gasteiger partial charge < -0.3 is 15.7 Å². The first-order chi connectivity index (χ1) is 8.59. The Morgan fingerprint density at radius 1 is 1.50 bits per heavy atom. The molecule has 4 nitrogen and oxygen atoms in total. The van der Waals surface area contributed by atoms with Crippen LogP contribution in [0, 0.1) is 12.8 Å². The van der Waals surface area contributed by atoms with E-state index in [1.54, 1.807) is 25.1 Å². The second-order valence-corrected chi connectivity index (χ2v) is 5.00. The predicted octanol–water partition coefficient (Wildman–Crippen LogP) is 1.43. The molecule has 1 saturated heterocycles. The van der Waals surface area contributed by atoms with Crippen molar-refractivity contribution in [3.05, 3.63) is 29.3 Å². The molecule has 0 radical (unpaired) electrons. The van der Waals surface area contributed by atoms with Crippen LogP contribution < -0.4 is 10.6 Å². The van der Waals surface area contributed by atoms with Crippen molar-refractivity contribution in [1.82, 2.24) is 10.6 Å². The molecule has 1 aromatic rings. The fraction of sp³-hybridized carbons (Fsp3) is 0.500. The van der Waals surface area contributed by atoms with Crippen molar-refractivity contribution < 1.29 is 9.90 Å². The van der Waals surface area contributed by atoms with Gasteiger partial charge in [0.2, 0.25) is 0 Å². The lowest BCUT2D eigenvalue weighted by Gasteiger charge is -2.30. The Kier molecular flexibility index (Phi) is 3.87. The van der Waals surface area contributed by atoms with Crippen LogP contribution >= 0.6 is 0 Å². The summed E-state index contributed by atoms with van der Waals surface area (Å²) in [5.74, 6) is 0.503. The fourth-order valence-corrected chi connectivity index (χ4v) is 2.34. The zero-order valence-electron chi connectivity index (χ0n) is 10.9. The lowest BCUT2D eigenvalue weighted by atomic mass is 9.94. The van der Waals surface area contributed by atoms with Gasteiger partial charge in [0.1, 0.15) is 5.75 Å². The molecule has 0 aromatic heterocycles. The van der Waals surface area contributed by atoms with Gasteiger partial charge in [0.25, 0.3) is 5.91 Å². The van der Waals surface area contributed by atoms with Gasteiger partial charge in [-0.1, -0.05) is 13.0 Å². The molecule has 2 rings (SSSR count). The highest BCUT2D eigenvalue weighted by Crippen LogP contribution is 2.20. The van der Waals surface area contributed by atoms with E-state index in [-0.39, 0.29) is 17.7 Å². The minimum absolute atomic E-state index is 0.0952. The van der Waals surface area contributed by atoms with Crippen LogP contribution in [0.5, 0.6) is 5.75 Å². The summed E-state index contributed by atoms with van der Waals surface area (Å²) in [5.41, 5.74) is 1.19. The van der Waals surface area contributed by atoms with E-state index in [2.05, 4.69) is 17.6 Å². The first-order valence-electron chi connectivity index (χ1n) is 6.39. The molecule has 1 aromatic carbocycles. The third kappa shape index (κ3) is 2.64. The number of benzene rings is 1. The summed E-state index contributed by atoms with van der Waals surface area (Å²) >= 11 is 0. The molecule has 98 valence electrons. The first kappa shape index (κ1) is 12.9. The number of hydrogen-bond acceptors (Lipinski definition) is 3. The molecular weight excluding hydrogens is 228 g/mol. The molecule has 0 aliphatic carbocycles. The van der Waals surface area contributed by atoms with Crippen LogP contribution in [-0.4, -0.2) is 30.1 Å². The molecule has 18 heavy (non-hydrogen) atoms. The summed E-state index contributed by atoms with van der Waals surface area (Å²) < 4.78 is 0. The standard InChI is InChI=1S/C14H20N2O2/c1-9-8-15-7-6-12(9)16-14(18)11-4-3-5-13(17)10(11)2/h3-5,9,12,15,17H,6-8H2,1-2H3,(H,16,18). The summed E-state index contributed by atoms with van der Waals surface area (Å²) in [6.45, 7) is 5.76. The molecule has 0 saturated carbocycles. The van der Waals surface area contributed by atoms with Gasteiger partial charge in [0.15, 0.2) is 0 Å². The lowest BCUT2D eigenvalue weighted by Crippen LogP contribution is -2.48. The van der Waals surface area contributed by atoms with Crippen LogP contribution in [0.15, 0.2) is 18.2 Å². The molecule has 4 heteroatoms. The van der Waals surface area contributed by atoms with Crippen LogP contribution in [0.25, 0.3) is 0 Å². The van der Waals surface area contributed by atoms with Crippen LogP contribution in [0.3, 0.4) is 0 Å². The zero-order valence-corrected chi connectivity index (χ0v) is 10.9. The average Bonchev–Trinajstić information content (AvgIpc) is 2.35. The highest BCUT2D eigenvalue weighted by Gasteiger charge is 2.23. The molecule has 2 atom stereocenters. The zero-order chi connectivity index (χ0) is 13.1. The summed E-state index contributed by atoms with van der Waals surface area (Å²) in [5, 5.41) is 16.0. The van der Waals surface area contributed by atoms with Crippen molar-refractivity contribution in [2.45, 2.75) is 26.3 Å². The van der Waals surface area contributed by atoms with E-state index in [1.165, 1.54) is 0 Å². The fourth-order valence-electron chi connectivity index (χ4n) is 2.34. The van der Waals surface area contributed by atoms with E-state index in [0.717, 1.165) is 19.5 Å². The third-order valence-electron chi connectivity index (χ3n) is 3.65. The van der Waals surface area contributed by atoms with Crippen LogP contribution in [0.2, 0.25) is 0 Å². The average molecular weight is 248 g/mol. The monoisotopic (exact) mass is 248 g/mol. The van der Waals surface area contributed by atoms with E-state index in [4.69, 9.17) is 0 Å². The number of carbonyl (C=O) groups is 1. The topological polar surface area (TPSA) is 61.4 Å². The van der Waals surface area contributed by atoms with Crippen LogP contribution in [-0.2, 0) is 0 Å². The van der Waals surface area contributed by atoms with E-state index < -0.39 is 0 Å². The van der Waals surface area contributed by atoms with Gasteiger partial charge in [-0.3, -0.25) is 4.79 Å². The van der Waals surface area contributed by atoms with Gasteiger partial charge in [-0.05, 0) is 44.5 Å². The Balaban J connectivity index is 2.09. The Bertz CT molecular complexity index is 445. The maximum Gasteiger partial charge on any atom is 0.251 e. The molecular formula is C14H20N2O2.